The first-order chi connectivity index (χ1) is 7.05. The lowest BCUT2D eigenvalue weighted by molar-refractivity contribution is -0.611. The van der Waals surface area contributed by atoms with E-state index in [0.29, 0.717) is 0 Å². The van der Waals surface area contributed by atoms with E-state index < -0.39 is 10.1 Å². The van der Waals surface area contributed by atoms with Crippen LogP contribution in [0.2, 0.25) is 0 Å². The van der Waals surface area contributed by atoms with E-state index in [4.69, 9.17) is 4.55 Å². The van der Waals surface area contributed by atoms with Gasteiger partial charge in [0.1, 0.15) is 0 Å². The number of allylic oxidation sites excluding steroid dienone is 1. The van der Waals surface area contributed by atoms with Gasteiger partial charge in [-0.2, -0.15) is 13.0 Å². The first-order valence-corrected chi connectivity index (χ1v) is 6.14. The Labute approximate surface area is 89.6 Å². The molecule has 82 valence electrons. The Balaban J connectivity index is 3.08. The Morgan fingerprint density at radius 3 is 2.80 bits per heavy atom. The number of nitrogens with zero attached hydrogens (tertiary/aromatic N) is 1. The van der Waals surface area contributed by atoms with Crippen molar-refractivity contribution in [3.05, 3.63) is 30.5 Å². The van der Waals surface area contributed by atoms with Gasteiger partial charge >= 0.3 is 15.1 Å². The van der Waals surface area contributed by atoms with Gasteiger partial charge in [0.05, 0.1) is 0 Å². The number of rotatable bonds is 4. The average Bonchev–Trinajstić information content (AvgIpc) is 2.17. The lowest BCUT2D eigenvalue weighted by atomic mass is 10.3. The summed E-state index contributed by atoms with van der Waals surface area (Å²) in [7, 11) is -4.16. The van der Waals surface area contributed by atoms with E-state index in [2.05, 4.69) is 0 Å². The van der Waals surface area contributed by atoms with Crippen LogP contribution in [0, 0.1) is 0 Å². The smallest absolute Gasteiger partial charge is 0.277 e. The van der Waals surface area contributed by atoms with E-state index in [9.17, 15) is 8.42 Å². The van der Waals surface area contributed by atoms with Crippen LogP contribution >= 0.6 is 0 Å². The maximum Gasteiger partial charge on any atom is 0.355 e. The van der Waals surface area contributed by atoms with Gasteiger partial charge in [-0.3, -0.25) is 4.55 Å². The first-order valence-electron chi connectivity index (χ1n) is 4.70. The average molecular weight is 228 g/mol. The Morgan fingerprint density at radius 2 is 2.20 bits per heavy atom. The first kappa shape index (κ1) is 11.9. The highest BCUT2D eigenvalue weighted by Gasteiger charge is 2.20. The molecule has 0 radical (unpaired) electrons. The predicted octanol–water partition coefficient (Wildman–Crippen LogP) is 1.49. The zero-order valence-electron chi connectivity index (χ0n) is 8.50. The maximum absolute atomic E-state index is 11.0. The van der Waals surface area contributed by atoms with Crippen molar-refractivity contribution in [1.29, 1.82) is 0 Å². The molecule has 0 spiro atoms. The van der Waals surface area contributed by atoms with Gasteiger partial charge in [-0.15, -0.1) is 0 Å². The van der Waals surface area contributed by atoms with Crippen LogP contribution in [0.1, 0.15) is 19.8 Å². The number of pyridine rings is 1. The SMILES string of the molecule is CCCC=C[n+]1ccccc1S(=O)(=O)O. The lowest BCUT2D eigenvalue weighted by Crippen LogP contribution is -2.32. The van der Waals surface area contributed by atoms with Gasteiger partial charge in [-0.25, -0.2) is 0 Å². The van der Waals surface area contributed by atoms with Gasteiger partial charge < -0.3 is 0 Å². The summed E-state index contributed by atoms with van der Waals surface area (Å²) in [5.74, 6) is 0. The fourth-order valence-electron chi connectivity index (χ4n) is 1.14. The van der Waals surface area contributed by atoms with Crippen molar-refractivity contribution >= 4 is 16.3 Å². The van der Waals surface area contributed by atoms with Crippen molar-refractivity contribution in [2.24, 2.45) is 0 Å². The fourth-order valence-corrected chi connectivity index (χ4v) is 1.78. The molecule has 1 aromatic rings. The third kappa shape index (κ3) is 3.45. The van der Waals surface area contributed by atoms with Crippen LogP contribution in [0.25, 0.3) is 6.20 Å². The van der Waals surface area contributed by atoms with Gasteiger partial charge in [0.25, 0.3) is 0 Å². The van der Waals surface area contributed by atoms with Gasteiger partial charge in [0.15, 0.2) is 12.4 Å². The summed E-state index contributed by atoms with van der Waals surface area (Å²) in [4.78, 5) is 0. The zero-order valence-corrected chi connectivity index (χ0v) is 9.31. The summed E-state index contributed by atoms with van der Waals surface area (Å²) in [5.41, 5.74) is 0. The van der Waals surface area contributed by atoms with Gasteiger partial charge in [0.2, 0.25) is 0 Å². The number of hydrogen-bond donors (Lipinski definition) is 1. The minimum absolute atomic E-state index is 0.127. The van der Waals surface area contributed by atoms with Crippen LogP contribution in [-0.4, -0.2) is 13.0 Å². The molecular weight excluding hydrogens is 214 g/mol. The summed E-state index contributed by atoms with van der Waals surface area (Å²) in [6.07, 6.45) is 6.93. The monoisotopic (exact) mass is 228 g/mol. The summed E-state index contributed by atoms with van der Waals surface area (Å²) >= 11 is 0. The summed E-state index contributed by atoms with van der Waals surface area (Å²) in [6, 6.07) is 4.61. The van der Waals surface area contributed by atoms with Crippen molar-refractivity contribution in [1.82, 2.24) is 0 Å². The molecule has 1 heterocycles. The van der Waals surface area contributed by atoms with Crippen LogP contribution < -0.4 is 4.57 Å². The van der Waals surface area contributed by atoms with Crippen LogP contribution in [0.3, 0.4) is 0 Å². The van der Waals surface area contributed by atoms with Crippen molar-refractivity contribution in [2.45, 2.75) is 24.8 Å². The number of unbranched alkanes of at least 4 members (excludes halogenated alkanes) is 1. The number of hydrogen-bond acceptors (Lipinski definition) is 2. The van der Waals surface area contributed by atoms with Crippen LogP contribution in [-0.2, 0) is 10.1 Å². The molecule has 1 aromatic heterocycles. The molecule has 0 aliphatic carbocycles. The molecule has 5 heteroatoms. The van der Waals surface area contributed by atoms with Gasteiger partial charge in [-0.05, 0) is 18.6 Å². The molecule has 0 saturated carbocycles. The third-order valence-corrected chi connectivity index (χ3v) is 2.71. The molecular formula is C10H14NO3S+. The van der Waals surface area contributed by atoms with Crippen LogP contribution in [0.15, 0.2) is 35.5 Å². The normalized spacial score (nSPS) is 12.1. The Bertz CT molecular complexity index is 451. The van der Waals surface area contributed by atoms with E-state index in [1.54, 1.807) is 24.5 Å². The Morgan fingerprint density at radius 1 is 1.47 bits per heavy atom. The Kier molecular flexibility index (Phi) is 3.99. The van der Waals surface area contributed by atoms with Crippen LogP contribution in [0.5, 0.6) is 0 Å². The number of aromatic nitrogens is 1. The molecule has 0 amide bonds. The molecule has 0 aliphatic heterocycles. The minimum atomic E-state index is -4.16. The highest BCUT2D eigenvalue weighted by Crippen LogP contribution is 2.01. The highest BCUT2D eigenvalue weighted by atomic mass is 32.2. The third-order valence-electron chi connectivity index (χ3n) is 1.84. The summed E-state index contributed by atoms with van der Waals surface area (Å²) in [5, 5.41) is -0.127. The molecule has 0 fully saturated rings. The van der Waals surface area contributed by atoms with E-state index in [1.807, 2.05) is 13.0 Å². The molecule has 15 heavy (non-hydrogen) atoms. The zero-order chi connectivity index (χ0) is 11.3. The van der Waals surface area contributed by atoms with E-state index >= 15 is 0 Å². The standard InChI is InChI=1S/C10H13NO3S/c1-2-3-5-8-11-9-6-4-7-10(11)15(12,13)14/h4-9H,2-3H2,1H3/p+1. The predicted molar refractivity (Wildman–Crippen MR) is 56.7 cm³/mol. The molecule has 0 aliphatic rings. The second-order valence-corrected chi connectivity index (χ2v) is 4.46. The van der Waals surface area contributed by atoms with Gasteiger partial charge in [0, 0.05) is 12.1 Å². The summed E-state index contributed by atoms with van der Waals surface area (Å²) in [6.45, 7) is 2.03. The van der Waals surface area contributed by atoms with Crippen molar-refractivity contribution < 1.29 is 17.5 Å². The van der Waals surface area contributed by atoms with Gasteiger partial charge in [-0.1, -0.05) is 13.3 Å². The quantitative estimate of drug-likeness (QED) is 0.627. The second-order valence-electron chi connectivity index (χ2n) is 3.09. The molecule has 1 N–H and O–H groups in total. The highest BCUT2D eigenvalue weighted by molar-refractivity contribution is 7.85. The molecule has 4 nitrogen and oxygen atoms in total. The minimum Gasteiger partial charge on any atom is -0.277 e. The summed E-state index contributed by atoms with van der Waals surface area (Å²) < 4.78 is 32.3. The fraction of sp³-hybridized carbons (Fsp3) is 0.300. The lowest BCUT2D eigenvalue weighted by Gasteiger charge is -1.94. The second kappa shape index (κ2) is 5.04. The molecule has 1 rings (SSSR count). The van der Waals surface area contributed by atoms with Crippen molar-refractivity contribution in [2.75, 3.05) is 0 Å². The van der Waals surface area contributed by atoms with E-state index in [0.717, 1.165) is 12.8 Å². The molecule has 0 atom stereocenters. The topological polar surface area (TPSA) is 58.2 Å². The molecule has 0 unspecified atom stereocenters. The largest absolute Gasteiger partial charge is 0.355 e. The molecule has 0 bridgehead atoms. The molecule has 0 saturated heterocycles. The van der Waals surface area contributed by atoms with E-state index in [-0.39, 0.29) is 5.03 Å². The van der Waals surface area contributed by atoms with Crippen LogP contribution in [0.4, 0.5) is 0 Å². The van der Waals surface area contributed by atoms with Crippen molar-refractivity contribution in [3.63, 3.8) is 0 Å². The van der Waals surface area contributed by atoms with E-state index in [1.165, 1.54) is 10.6 Å². The molecule has 0 aromatic carbocycles. The maximum atomic E-state index is 11.0. The Hall–Kier alpha value is -1.20. The van der Waals surface area contributed by atoms with Crippen molar-refractivity contribution in [3.8, 4) is 0 Å².